The number of aryl methyl sites for hydroxylation is 2. The Morgan fingerprint density at radius 1 is 1.03 bits per heavy atom. The minimum absolute atomic E-state index is 0.248. The lowest BCUT2D eigenvalue weighted by Gasteiger charge is -2.13. The van der Waals surface area contributed by atoms with E-state index in [4.69, 9.17) is 9.72 Å². The Morgan fingerprint density at radius 3 is 2.40 bits per heavy atom. The molecule has 0 bridgehead atoms. The van der Waals surface area contributed by atoms with Gasteiger partial charge < -0.3 is 10.1 Å². The minimum atomic E-state index is -0.409. The van der Waals surface area contributed by atoms with Gasteiger partial charge in [-0.15, -0.1) is 11.3 Å². The van der Waals surface area contributed by atoms with Crippen LogP contribution in [-0.4, -0.2) is 23.0 Å². The third-order valence-electron chi connectivity index (χ3n) is 5.96. The van der Waals surface area contributed by atoms with Crippen LogP contribution in [0.4, 0.5) is 5.00 Å². The van der Waals surface area contributed by atoms with E-state index in [0.29, 0.717) is 22.5 Å². The molecule has 0 saturated carbocycles. The van der Waals surface area contributed by atoms with Crippen LogP contribution in [0.3, 0.4) is 0 Å². The molecule has 0 aliphatic carbocycles. The Balaban J connectivity index is 1.77. The minimum Gasteiger partial charge on any atom is -0.459 e. The van der Waals surface area contributed by atoms with Gasteiger partial charge in [-0.3, -0.25) is 4.79 Å². The van der Waals surface area contributed by atoms with Gasteiger partial charge >= 0.3 is 5.97 Å². The lowest BCUT2D eigenvalue weighted by Crippen LogP contribution is -2.17. The topological polar surface area (TPSA) is 68.3 Å². The lowest BCUT2D eigenvalue weighted by atomic mass is 10.0. The third kappa shape index (κ3) is 5.13. The van der Waals surface area contributed by atoms with Crippen LogP contribution in [0.25, 0.3) is 22.2 Å². The summed E-state index contributed by atoms with van der Waals surface area (Å²) in [6, 6.07) is 17.7. The summed E-state index contributed by atoms with van der Waals surface area (Å²) in [5.41, 5.74) is 5.53. The first-order valence-electron chi connectivity index (χ1n) is 12.0. The predicted molar refractivity (Wildman–Crippen MR) is 143 cm³/mol. The number of para-hydroxylation sites is 1. The third-order valence-corrected chi connectivity index (χ3v) is 7.02. The van der Waals surface area contributed by atoms with E-state index in [9.17, 15) is 9.59 Å². The molecule has 4 rings (SSSR count). The summed E-state index contributed by atoms with van der Waals surface area (Å²) in [7, 11) is 0. The first-order chi connectivity index (χ1) is 16.8. The van der Waals surface area contributed by atoms with Gasteiger partial charge in [0.05, 0.1) is 28.4 Å². The maximum absolute atomic E-state index is 13.6. The number of pyridine rings is 1. The van der Waals surface area contributed by atoms with Crippen LogP contribution < -0.4 is 5.32 Å². The fourth-order valence-corrected chi connectivity index (χ4v) is 5.30. The summed E-state index contributed by atoms with van der Waals surface area (Å²) in [4.78, 5) is 32.4. The van der Waals surface area contributed by atoms with Crippen LogP contribution in [-0.2, 0) is 17.6 Å². The van der Waals surface area contributed by atoms with Gasteiger partial charge in [-0.2, -0.15) is 0 Å². The van der Waals surface area contributed by atoms with E-state index in [2.05, 4.69) is 24.4 Å². The highest BCUT2D eigenvalue weighted by Gasteiger charge is 2.25. The van der Waals surface area contributed by atoms with E-state index in [1.165, 1.54) is 16.9 Å². The highest BCUT2D eigenvalue weighted by molar-refractivity contribution is 7.16. The molecular weight excluding hydrogens is 456 g/mol. The zero-order chi connectivity index (χ0) is 25.1. The Labute approximate surface area is 210 Å². The number of carbonyl (C=O) groups is 2. The molecule has 0 unspecified atom stereocenters. The number of ether oxygens (including phenoxy) is 1. The van der Waals surface area contributed by atoms with E-state index in [1.807, 2.05) is 70.2 Å². The van der Waals surface area contributed by atoms with Gasteiger partial charge in [-0.05, 0) is 56.9 Å². The van der Waals surface area contributed by atoms with Crippen LogP contribution in [0.2, 0.25) is 0 Å². The highest BCUT2D eigenvalue weighted by atomic mass is 32.1. The molecule has 6 heteroatoms. The number of aromatic nitrogens is 1. The number of fused-ring (bicyclic) bond motifs is 1. The molecule has 0 aliphatic heterocycles. The van der Waals surface area contributed by atoms with Crippen LogP contribution in [0, 0.1) is 6.92 Å². The van der Waals surface area contributed by atoms with E-state index in [0.717, 1.165) is 39.0 Å². The summed E-state index contributed by atoms with van der Waals surface area (Å²) in [5, 5.41) is 4.29. The van der Waals surface area contributed by atoms with Crippen LogP contribution in [0.15, 0.2) is 54.6 Å². The summed E-state index contributed by atoms with van der Waals surface area (Å²) in [6.07, 6.45) is 1.39. The molecule has 180 valence electrons. The predicted octanol–water partition coefficient (Wildman–Crippen LogP) is 7.21. The molecule has 0 atom stereocenters. The molecule has 1 amide bonds. The van der Waals surface area contributed by atoms with Crippen molar-refractivity contribution in [3.63, 3.8) is 0 Å². The van der Waals surface area contributed by atoms with Crippen LogP contribution in [0.1, 0.15) is 64.4 Å². The van der Waals surface area contributed by atoms with E-state index in [-0.39, 0.29) is 12.0 Å². The number of benzene rings is 2. The van der Waals surface area contributed by atoms with Crippen molar-refractivity contribution in [1.29, 1.82) is 0 Å². The fourth-order valence-electron chi connectivity index (χ4n) is 4.17. The van der Waals surface area contributed by atoms with Gasteiger partial charge in [0, 0.05) is 15.8 Å². The van der Waals surface area contributed by atoms with Gasteiger partial charge in [-0.1, -0.05) is 56.3 Å². The van der Waals surface area contributed by atoms with Gasteiger partial charge in [0.1, 0.15) is 5.00 Å². The zero-order valence-electron chi connectivity index (χ0n) is 20.8. The molecule has 0 spiro atoms. The van der Waals surface area contributed by atoms with Crippen molar-refractivity contribution in [2.75, 3.05) is 5.32 Å². The van der Waals surface area contributed by atoms with Crippen LogP contribution in [0.5, 0.6) is 0 Å². The van der Waals surface area contributed by atoms with Gasteiger partial charge in [0.15, 0.2) is 0 Å². The summed E-state index contributed by atoms with van der Waals surface area (Å²) < 4.78 is 5.49. The number of hydrogen-bond acceptors (Lipinski definition) is 5. The molecule has 0 aliphatic rings. The van der Waals surface area contributed by atoms with Crippen molar-refractivity contribution >= 4 is 39.1 Å². The first kappa shape index (κ1) is 24.6. The maximum Gasteiger partial charge on any atom is 0.341 e. The number of anilines is 1. The quantitative estimate of drug-likeness (QED) is 0.280. The maximum atomic E-state index is 13.6. The van der Waals surface area contributed by atoms with Crippen LogP contribution >= 0.6 is 11.3 Å². The second-order valence-electron chi connectivity index (χ2n) is 8.73. The summed E-state index contributed by atoms with van der Waals surface area (Å²) in [6.45, 7) is 9.72. The van der Waals surface area contributed by atoms with Crippen molar-refractivity contribution in [3.8, 4) is 11.3 Å². The number of amides is 1. The number of esters is 1. The smallest absolute Gasteiger partial charge is 0.341 e. The first-order valence-corrected chi connectivity index (χ1v) is 12.8. The van der Waals surface area contributed by atoms with Gasteiger partial charge in [0.25, 0.3) is 5.91 Å². The Kier molecular flexibility index (Phi) is 7.31. The molecular formula is C29H30N2O3S. The average molecular weight is 487 g/mol. The number of carbonyl (C=O) groups excluding carboxylic acids is 2. The average Bonchev–Trinajstić information content (AvgIpc) is 3.17. The number of nitrogens with one attached hydrogen (secondary N) is 1. The van der Waals surface area contributed by atoms with Crippen molar-refractivity contribution in [2.45, 2.75) is 53.6 Å². The molecule has 5 nitrogen and oxygen atoms in total. The zero-order valence-corrected chi connectivity index (χ0v) is 21.6. The number of nitrogens with zero attached hydrogens (tertiary/aromatic N) is 1. The fraction of sp³-hybridized carbons (Fsp3) is 0.276. The second-order valence-corrected chi connectivity index (χ2v) is 9.95. The number of hydrogen-bond donors (Lipinski definition) is 1. The highest BCUT2D eigenvalue weighted by Crippen LogP contribution is 2.35. The van der Waals surface area contributed by atoms with E-state index < -0.39 is 5.97 Å². The molecule has 0 radical (unpaired) electrons. The molecule has 0 fully saturated rings. The summed E-state index contributed by atoms with van der Waals surface area (Å²) >= 11 is 1.41. The molecule has 0 saturated heterocycles. The molecule has 2 aromatic heterocycles. The van der Waals surface area contributed by atoms with Gasteiger partial charge in [0.2, 0.25) is 0 Å². The van der Waals surface area contributed by atoms with E-state index in [1.54, 1.807) is 0 Å². The van der Waals surface area contributed by atoms with Gasteiger partial charge in [-0.25, -0.2) is 9.78 Å². The van der Waals surface area contributed by atoms with E-state index >= 15 is 0 Å². The standard InChI is InChI=1S/C29H30N2O3S/c1-6-19-12-14-20(15-13-19)25-16-23(22-10-8-9-11-24(22)30-25)27(32)31-28-26(29(33)34-17(3)4)21(7-2)18(5)35-28/h8-17H,6-7H2,1-5H3,(H,31,32). The second kappa shape index (κ2) is 10.4. The SMILES string of the molecule is CCc1ccc(-c2cc(C(=O)Nc3sc(C)c(CC)c3C(=O)OC(C)C)c3ccccc3n2)cc1. The largest absolute Gasteiger partial charge is 0.459 e. The monoisotopic (exact) mass is 486 g/mol. The van der Waals surface area contributed by atoms with Crippen molar-refractivity contribution in [3.05, 3.63) is 81.7 Å². The molecule has 2 aromatic carbocycles. The van der Waals surface area contributed by atoms with Crippen molar-refractivity contribution < 1.29 is 14.3 Å². The van der Waals surface area contributed by atoms with Crippen molar-refractivity contribution in [1.82, 2.24) is 4.98 Å². The molecule has 2 heterocycles. The van der Waals surface area contributed by atoms with Crippen molar-refractivity contribution in [2.24, 2.45) is 0 Å². The lowest BCUT2D eigenvalue weighted by molar-refractivity contribution is 0.0378. The molecule has 35 heavy (non-hydrogen) atoms. The molecule has 1 N–H and O–H groups in total. The number of rotatable bonds is 7. The number of thiophene rings is 1. The Hall–Kier alpha value is -3.51. The molecule has 4 aromatic rings. The Bertz CT molecular complexity index is 1390. The summed E-state index contributed by atoms with van der Waals surface area (Å²) in [5.74, 6) is -0.690. The normalized spacial score (nSPS) is 11.1. The Morgan fingerprint density at radius 2 is 1.74 bits per heavy atom.